The first-order valence-electron chi connectivity index (χ1n) is 13.4. The van der Waals surface area contributed by atoms with Crippen LogP contribution in [0.25, 0.3) is 22.3 Å². The lowest BCUT2D eigenvalue weighted by molar-refractivity contribution is -0.127. The number of aromatic nitrogens is 3. The molecule has 2 aromatic carbocycles. The van der Waals surface area contributed by atoms with Gasteiger partial charge < -0.3 is 15.2 Å². The van der Waals surface area contributed by atoms with Crippen molar-refractivity contribution in [3.8, 4) is 11.3 Å². The van der Waals surface area contributed by atoms with Crippen LogP contribution >= 0.6 is 0 Å². The number of benzene rings is 2. The fraction of sp³-hybridized carbons (Fsp3) is 0.290. The molecule has 1 aliphatic carbocycles. The van der Waals surface area contributed by atoms with Gasteiger partial charge in [-0.15, -0.1) is 0 Å². The Bertz CT molecular complexity index is 1590. The van der Waals surface area contributed by atoms with Crippen molar-refractivity contribution < 1.29 is 14.0 Å². The van der Waals surface area contributed by atoms with E-state index in [9.17, 15) is 14.0 Å². The maximum absolute atomic E-state index is 15.0. The minimum atomic E-state index is -0.473. The molecule has 2 N–H and O–H groups in total. The number of nitrogens with zero attached hydrogens (tertiary/aromatic N) is 3. The molecule has 198 valence electrons. The van der Waals surface area contributed by atoms with Gasteiger partial charge >= 0.3 is 0 Å². The van der Waals surface area contributed by atoms with E-state index in [0.29, 0.717) is 52.7 Å². The zero-order valence-corrected chi connectivity index (χ0v) is 21.8. The van der Waals surface area contributed by atoms with E-state index >= 15 is 0 Å². The third-order valence-corrected chi connectivity index (χ3v) is 7.95. The number of H-pyrrole nitrogens is 1. The molecule has 3 heterocycles. The first-order valence-corrected chi connectivity index (χ1v) is 13.4. The number of rotatable bonds is 6. The van der Waals surface area contributed by atoms with Crippen molar-refractivity contribution in [1.82, 2.24) is 19.9 Å². The number of amides is 2. The molecule has 4 aromatic rings. The molecule has 7 nitrogen and oxygen atoms in total. The lowest BCUT2D eigenvalue weighted by Gasteiger charge is -2.32. The summed E-state index contributed by atoms with van der Waals surface area (Å²) in [5, 5.41) is 3.71. The molecule has 2 fully saturated rings. The molecule has 1 aliphatic heterocycles. The van der Waals surface area contributed by atoms with Crippen LogP contribution in [0.5, 0.6) is 0 Å². The van der Waals surface area contributed by atoms with Crippen LogP contribution in [-0.2, 0) is 4.79 Å². The average Bonchev–Trinajstić information content (AvgIpc) is 3.72. The Morgan fingerprint density at radius 2 is 1.92 bits per heavy atom. The van der Waals surface area contributed by atoms with Gasteiger partial charge in [0.1, 0.15) is 17.8 Å². The van der Waals surface area contributed by atoms with Crippen molar-refractivity contribution in [3.05, 3.63) is 89.6 Å². The Morgan fingerprint density at radius 3 is 2.67 bits per heavy atom. The van der Waals surface area contributed by atoms with Gasteiger partial charge in [0, 0.05) is 47.4 Å². The van der Waals surface area contributed by atoms with Crippen LogP contribution in [0.15, 0.2) is 61.6 Å². The standard InChI is InChI=1S/C31H30FN5O2/c1-3-27(38)37-12-4-5-22(16-37)25-15-33-30-28(25)29(34-17-35-30)24-13-23(32)14-26(18(24)2)36-31(39)21-10-8-20(9-11-21)19-6-7-19/h3,8-11,13-15,17,19,22H,1,4-7,12,16H2,2H3,(H,36,39)(H,33,34,35). The summed E-state index contributed by atoms with van der Waals surface area (Å²) in [6, 6.07) is 10.4. The molecule has 1 atom stereocenters. The normalized spacial score (nSPS) is 17.3. The predicted octanol–water partition coefficient (Wildman–Crippen LogP) is 6.09. The molecular formula is C31H30FN5O2. The molecule has 2 aromatic heterocycles. The van der Waals surface area contributed by atoms with E-state index in [2.05, 4.69) is 26.8 Å². The van der Waals surface area contributed by atoms with Crippen molar-refractivity contribution in [1.29, 1.82) is 0 Å². The summed E-state index contributed by atoms with van der Waals surface area (Å²) < 4.78 is 15.0. The lowest BCUT2D eigenvalue weighted by atomic mass is 9.89. The van der Waals surface area contributed by atoms with Crippen molar-refractivity contribution in [2.45, 2.75) is 44.4 Å². The van der Waals surface area contributed by atoms with Crippen LogP contribution in [0.3, 0.4) is 0 Å². The highest BCUT2D eigenvalue weighted by molar-refractivity contribution is 6.05. The van der Waals surface area contributed by atoms with Gasteiger partial charge in [-0.05, 0) is 85.6 Å². The predicted molar refractivity (Wildman–Crippen MR) is 149 cm³/mol. The van der Waals surface area contributed by atoms with E-state index in [1.54, 1.807) is 0 Å². The first kappa shape index (κ1) is 25.0. The summed E-state index contributed by atoms with van der Waals surface area (Å²) in [7, 11) is 0. The van der Waals surface area contributed by atoms with Gasteiger partial charge in [0.15, 0.2) is 0 Å². The Morgan fingerprint density at radius 1 is 1.13 bits per heavy atom. The number of aromatic amines is 1. The maximum Gasteiger partial charge on any atom is 0.255 e. The molecular weight excluding hydrogens is 493 g/mol. The highest BCUT2D eigenvalue weighted by atomic mass is 19.1. The number of piperidine rings is 1. The summed E-state index contributed by atoms with van der Waals surface area (Å²) >= 11 is 0. The number of hydrogen-bond donors (Lipinski definition) is 2. The third kappa shape index (κ3) is 4.82. The Hall–Kier alpha value is -4.33. The molecule has 6 rings (SSSR count). The van der Waals surface area contributed by atoms with E-state index in [-0.39, 0.29) is 17.7 Å². The van der Waals surface area contributed by atoms with Gasteiger partial charge in [0.05, 0.1) is 5.69 Å². The number of hydrogen-bond acceptors (Lipinski definition) is 4. The Balaban J connectivity index is 1.35. The summed E-state index contributed by atoms with van der Waals surface area (Å²) in [5.74, 6) is -0.162. The van der Waals surface area contributed by atoms with Crippen molar-refractivity contribution in [2.24, 2.45) is 0 Å². The molecule has 1 saturated heterocycles. The Labute approximate surface area is 226 Å². The Kier molecular flexibility index (Phi) is 6.46. The highest BCUT2D eigenvalue weighted by Crippen LogP contribution is 2.40. The minimum absolute atomic E-state index is 0.0767. The molecule has 2 amide bonds. The van der Waals surface area contributed by atoms with Crippen molar-refractivity contribution in [3.63, 3.8) is 0 Å². The number of fused-ring (bicyclic) bond motifs is 1. The van der Waals surface area contributed by atoms with Crippen LogP contribution in [0.2, 0.25) is 0 Å². The quantitative estimate of drug-likeness (QED) is 0.299. The van der Waals surface area contributed by atoms with Gasteiger partial charge in [-0.25, -0.2) is 14.4 Å². The monoisotopic (exact) mass is 523 g/mol. The van der Waals surface area contributed by atoms with Crippen LogP contribution in [0.1, 0.15) is 64.6 Å². The molecule has 0 radical (unpaired) electrons. The smallest absolute Gasteiger partial charge is 0.255 e. The molecule has 0 bridgehead atoms. The van der Waals surface area contributed by atoms with Gasteiger partial charge in [0.2, 0.25) is 5.91 Å². The highest BCUT2D eigenvalue weighted by Gasteiger charge is 2.28. The molecule has 39 heavy (non-hydrogen) atoms. The van der Waals surface area contributed by atoms with Crippen molar-refractivity contribution in [2.75, 3.05) is 18.4 Å². The van der Waals surface area contributed by atoms with E-state index in [0.717, 1.165) is 23.8 Å². The van der Waals surface area contributed by atoms with Crippen LogP contribution in [0.4, 0.5) is 10.1 Å². The van der Waals surface area contributed by atoms with E-state index in [1.807, 2.05) is 42.3 Å². The number of likely N-dealkylation sites (tertiary alicyclic amines) is 1. The van der Waals surface area contributed by atoms with Gasteiger partial charge in [0.25, 0.3) is 5.91 Å². The second kappa shape index (κ2) is 10.1. The van der Waals surface area contributed by atoms with Crippen LogP contribution < -0.4 is 5.32 Å². The number of carbonyl (C=O) groups is 2. The molecule has 0 spiro atoms. The molecule has 2 aliphatic rings. The largest absolute Gasteiger partial charge is 0.346 e. The number of halogens is 1. The number of anilines is 1. The SMILES string of the molecule is C=CC(=O)N1CCCC(c2c[nH]c3ncnc(-c4cc(F)cc(NC(=O)c5ccc(C6CC6)cc5)c4C)c23)C1. The summed E-state index contributed by atoms with van der Waals surface area (Å²) in [6.45, 7) is 6.74. The fourth-order valence-electron chi connectivity index (χ4n) is 5.65. The number of nitrogens with one attached hydrogen (secondary N) is 2. The van der Waals surface area contributed by atoms with E-state index < -0.39 is 5.82 Å². The van der Waals surface area contributed by atoms with Gasteiger partial charge in [-0.2, -0.15) is 0 Å². The molecule has 1 saturated carbocycles. The zero-order chi connectivity index (χ0) is 27.1. The minimum Gasteiger partial charge on any atom is -0.346 e. The van der Waals surface area contributed by atoms with Gasteiger partial charge in [-0.1, -0.05) is 18.7 Å². The topological polar surface area (TPSA) is 91.0 Å². The summed E-state index contributed by atoms with van der Waals surface area (Å²) in [5.41, 5.74) is 5.68. The van der Waals surface area contributed by atoms with E-state index in [1.165, 1.54) is 42.9 Å². The first-order chi connectivity index (χ1) is 18.9. The van der Waals surface area contributed by atoms with E-state index in [4.69, 9.17) is 0 Å². The second-order valence-corrected chi connectivity index (χ2v) is 10.5. The summed E-state index contributed by atoms with van der Waals surface area (Å²) in [4.78, 5) is 39.4. The molecule has 1 unspecified atom stereocenters. The average molecular weight is 524 g/mol. The third-order valence-electron chi connectivity index (χ3n) is 7.95. The number of carbonyl (C=O) groups excluding carboxylic acids is 2. The van der Waals surface area contributed by atoms with Crippen LogP contribution in [0, 0.1) is 12.7 Å². The summed E-state index contributed by atoms with van der Waals surface area (Å²) in [6.07, 6.45) is 8.89. The fourth-order valence-corrected chi connectivity index (χ4v) is 5.65. The maximum atomic E-state index is 15.0. The van der Waals surface area contributed by atoms with Crippen molar-refractivity contribution >= 4 is 28.5 Å². The van der Waals surface area contributed by atoms with Crippen LogP contribution in [-0.4, -0.2) is 44.8 Å². The second-order valence-electron chi connectivity index (χ2n) is 10.5. The molecule has 8 heteroatoms. The van der Waals surface area contributed by atoms with Gasteiger partial charge in [-0.3, -0.25) is 9.59 Å². The zero-order valence-electron chi connectivity index (χ0n) is 21.8. The lowest BCUT2D eigenvalue weighted by Crippen LogP contribution is -2.38.